The molecule has 1 saturated carbocycles. The second-order valence-corrected chi connectivity index (χ2v) is 7.31. The van der Waals surface area contributed by atoms with Gasteiger partial charge in [0, 0.05) is 18.1 Å². The van der Waals surface area contributed by atoms with Crippen molar-refractivity contribution in [2.24, 2.45) is 5.92 Å². The average Bonchev–Trinajstić information content (AvgIpc) is 2.67. The van der Waals surface area contributed by atoms with Crippen molar-refractivity contribution in [2.75, 3.05) is 7.11 Å². The fourth-order valence-electron chi connectivity index (χ4n) is 3.82. The van der Waals surface area contributed by atoms with E-state index in [4.69, 9.17) is 9.84 Å². The molecule has 1 aliphatic carbocycles. The van der Waals surface area contributed by atoms with Gasteiger partial charge in [0.1, 0.15) is 5.75 Å². The van der Waals surface area contributed by atoms with Crippen molar-refractivity contribution in [3.63, 3.8) is 0 Å². The largest absolute Gasteiger partial charge is 0.496 e. The molecule has 27 heavy (non-hydrogen) atoms. The van der Waals surface area contributed by atoms with Gasteiger partial charge in [-0.15, -0.1) is 0 Å². The second-order valence-electron chi connectivity index (χ2n) is 7.31. The predicted octanol–water partition coefficient (Wildman–Crippen LogP) is 5.83. The highest BCUT2D eigenvalue weighted by atomic mass is 19.3. The fraction of sp³-hybridized carbons (Fsp3) is 0.409. The van der Waals surface area contributed by atoms with Gasteiger partial charge in [-0.3, -0.25) is 4.79 Å². The minimum atomic E-state index is -2.87. The summed E-state index contributed by atoms with van der Waals surface area (Å²) in [7, 11) is 1.59. The van der Waals surface area contributed by atoms with E-state index < -0.39 is 11.9 Å². The molecule has 0 bridgehead atoms. The summed E-state index contributed by atoms with van der Waals surface area (Å²) in [5.41, 5.74) is 2.80. The summed E-state index contributed by atoms with van der Waals surface area (Å²) >= 11 is 0. The molecule has 0 saturated heterocycles. The van der Waals surface area contributed by atoms with Crippen molar-refractivity contribution in [3.8, 4) is 16.9 Å². The highest BCUT2D eigenvalue weighted by Crippen LogP contribution is 2.40. The molecule has 2 aromatic carbocycles. The lowest BCUT2D eigenvalue weighted by Crippen LogP contribution is -2.20. The molecule has 1 fully saturated rings. The third kappa shape index (κ3) is 4.29. The van der Waals surface area contributed by atoms with Crippen LogP contribution in [0.5, 0.6) is 5.75 Å². The number of alkyl halides is 2. The molecule has 0 aliphatic heterocycles. The van der Waals surface area contributed by atoms with Crippen molar-refractivity contribution in [3.05, 3.63) is 53.6 Å². The third-order valence-electron chi connectivity index (χ3n) is 5.47. The van der Waals surface area contributed by atoms with Crippen LogP contribution in [0.15, 0.2) is 42.5 Å². The zero-order valence-electron chi connectivity index (χ0n) is 15.5. The van der Waals surface area contributed by atoms with E-state index in [9.17, 15) is 13.6 Å². The first kappa shape index (κ1) is 19.3. The number of carboxylic acids is 1. The molecule has 0 aromatic heterocycles. The van der Waals surface area contributed by atoms with Crippen LogP contribution in [0, 0.1) is 5.92 Å². The van der Waals surface area contributed by atoms with Crippen molar-refractivity contribution in [1.82, 2.24) is 0 Å². The van der Waals surface area contributed by atoms with Gasteiger partial charge in [0.15, 0.2) is 0 Å². The molecular formula is C22H24F2O3. The topological polar surface area (TPSA) is 46.5 Å². The maximum atomic E-state index is 13.5. The van der Waals surface area contributed by atoms with Gasteiger partial charge >= 0.3 is 5.97 Å². The normalized spacial score (nSPS) is 20.3. The maximum absolute atomic E-state index is 13.5. The summed E-state index contributed by atoms with van der Waals surface area (Å²) in [6, 6.07) is 12.2. The fourth-order valence-corrected chi connectivity index (χ4v) is 3.82. The van der Waals surface area contributed by atoms with Crippen LogP contribution in [0.2, 0.25) is 0 Å². The van der Waals surface area contributed by atoms with Crippen molar-refractivity contribution < 1.29 is 23.4 Å². The van der Waals surface area contributed by atoms with Crippen LogP contribution in [-0.4, -0.2) is 18.2 Å². The van der Waals surface area contributed by atoms with E-state index in [1.807, 2.05) is 18.2 Å². The Kier molecular flexibility index (Phi) is 5.49. The van der Waals surface area contributed by atoms with Crippen LogP contribution in [-0.2, 0) is 10.7 Å². The zero-order valence-corrected chi connectivity index (χ0v) is 15.5. The van der Waals surface area contributed by atoms with Crippen molar-refractivity contribution in [1.29, 1.82) is 0 Å². The molecule has 0 unspecified atom stereocenters. The maximum Gasteiger partial charge on any atom is 0.306 e. The number of carboxylic acid groups (broad SMARTS) is 1. The zero-order chi connectivity index (χ0) is 19.6. The third-order valence-corrected chi connectivity index (χ3v) is 5.47. The first-order valence-electron chi connectivity index (χ1n) is 9.19. The summed E-state index contributed by atoms with van der Waals surface area (Å²) in [5.74, 6) is -2.83. The molecule has 144 valence electrons. The first-order chi connectivity index (χ1) is 12.8. The van der Waals surface area contributed by atoms with Gasteiger partial charge in [-0.1, -0.05) is 30.3 Å². The van der Waals surface area contributed by atoms with Crippen LogP contribution in [0.4, 0.5) is 8.78 Å². The highest BCUT2D eigenvalue weighted by molar-refractivity contribution is 5.72. The molecule has 1 aliphatic rings. The van der Waals surface area contributed by atoms with Crippen LogP contribution in [0.1, 0.15) is 49.7 Å². The molecule has 0 spiro atoms. The smallest absolute Gasteiger partial charge is 0.306 e. The van der Waals surface area contributed by atoms with E-state index in [2.05, 4.69) is 0 Å². The summed E-state index contributed by atoms with van der Waals surface area (Å²) in [4.78, 5) is 11.1. The first-order valence-corrected chi connectivity index (χ1v) is 9.19. The number of hydrogen-bond donors (Lipinski definition) is 1. The Morgan fingerprint density at radius 1 is 1.07 bits per heavy atom. The highest BCUT2D eigenvalue weighted by Gasteiger charge is 2.27. The van der Waals surface area contributed by atoms with Gasteiger partial charge in [-0.2, -0.15) is 0 Å². The lowest BCUT2D eigenvalue weighted by Gasteiger charge is -2.27. The summed E-state index contributed by atoms with van der Waals surface area (Å²) in [6.45, 7) is 0.886. The van der Waals surface area contributed by atoms with E-state index in [1.54, 1.807) is 19.2 Å². The molecule has 5 heteroatoms. The average molecular weight is 374 g/mol. The molecule has 2 aromatic rings. The Balaban J connectivity index is 1.87. The van der Waals surface area contributed by atoms with Crippen molar-refractivity contribution >= 4 is 5.97 Å². The molecule has 1 N–H and O–H groups in total. The monoisotopic (exact) mass is 374 g/mol. The minimum Gasteiger partial charge on any atom is -0.496 e. The Morgan fingerprint density at radius 3 is 2.22 bits per heavy atom. The van der Waals surface area contributed by atoms with Gasteiger partial charge < -0.3 is 9.84 Å². The number of methoxy groups -OCH3 is 1. The SMILES string of the molecule is COc1ccc(C2CCC(C(=O)O)CC2)cc1-c1ccc(C(C)(F)F)cc1. The number of aliphatic carboxylic acids is 1. The van der Waals surface area contributed by atoms with Crippen LogP contribution in [0.3, 0.4) is 0 Å². The summed E-state index contributed by atoms with van der Waals surface area (Å²) in [6.07, 6.45) is 3.04. The molecule has 3 nitrogen and oxygen atoms in total. The van der Waals surface area contributed by atoms with E-state index in [0.717, 1.165) is 36.5 Å². The van der Waals surface area contributed by atoms with E-state index in [1.165, 1.54) is 12.1 Å². The molecule has 0 heterocycles. The number of ether oxygens (including phenoxy) is 1. The Labute approximate surface area is 158 Å². The molecule has 0 radical (unpaired) electrons. The van der Waals surface area contributed by atoms with Gasteiger partial charge in [0.25, 0.3) is 5.92 Å². The Morgan fingerprint density at radius 2 is 1.70 bits per heavy atom. The van der Waals surface area contributed by atoms with Gasteiger partial charge in [-0.25, -0.2) is 8.78 Å². The molecule has 0 amide bonds. The lowest BCUT2D eigenvalue weighted by atomic mass is 9.78. The Hall–Kier alpha value is -2.43. The summed E-state index contributed by atoms with van der Waals surface area (Å²) in [5, 5.41) is 9.17. The van der Waals surface area contributed by atoms with Gasteiger partial charge in [-0.05, 0) is 54.9 Å². The van der Waals surface area contributed by atoms with E-state index in [0.29, 0.717) is 24.5 Å². The lowest BCUT2D eigenvalue weighted by molar-refractivity contribution is -0.142. The molecule has 0 atom stereocenters. The predicted molar refractivity (Wildman–Crippen MR) is 100 cm³/mol. The number of carbonyl (C=O) groups is 1. The second kappa shape index (κ2) is 7.67. The minimum absolute atomic E-state index is 0.0200. The van der Waals surface area contributed by atoms with Crippen LogP contribution < -0.4 is 4.74 Å². The summed E-state index contributed by atoms with van der Waals surface area (Å²) < 4.78 is 32.4. The molecular weight excluding hydrogens is 350 g/mol. The van der Waals surface area contributed by atoms with E-state index in [-0.39, 0.29) is 11.5 Å². The van der Waals surface area contributed by atoms with Gasteiger partial charge in [0.2, 0.25) is 0 Å². The number of rotatable bonds is 5. The number of hydrogen-bond acceptors (Lipinski definition) is 2. The number of halogens is 2. The number of benzene rings is 2. The van der Waals surface area contributed by atoms with E-state index >= 15 is 0 Å². The van der Waals surface area contributed by atoms with Crippen molar-refractivity contribution in [2.45, 2.75) is 44.4 Å². The van der Waals surface area contributed by atoms with Gasteiger partial charge in [0.05, 0.1) is 13.0 Å². The van der Waals surface area contributed by atoms with Crippen LogP contribution in [0.25, 0.3) is 11.1 Å². The molecule has 3 rings (SSSR count). The quantitative estimate of drug-likeness (QED) is 0.716. The van der Waals surface area contributed by atoms with Crippen LogP contribution >= 0.6 is 0 Å². The Bertz CT molecular complexity index is 801. The standard InChI is InChI=1S/C22H24F2O3/c1-22(23,24)18-10-7-15(8-11-18)19-13-17(9-12-20(19)27-2)14-3-5-16(6-4-14)21(25)26/h7-14,16H,3-6H2,1-2H3,(H,25,26).